The molecule has 1 aliphatic heterocycles. The van der Waals surface area contributed by atoms with Crippen molar-refractivity contribution in [3.8, 4) is 17.3 Å². The fraction of sp³-hybridized carbons (Fsp3) is 0.553. The quantitative estimate of drug-likeness (QED) is 0.218. The molecule has 3 aromatic rings. The Morgan fingerprint density at radius 2 is 1.75 bits per heavy atom. The highest BCUT2D eigenvalue weighted by Gasteiger charge is 2.47. The number of alkyl carbamates (subject to hydrolysis) is 1. The molecule has 1 aliphatic carbocycles. The third kappa shape index (κ3) is 9.82. The number of hydrogen-bond acceptors (Lipinski definition) is 10. The maximum atomic E-state index is 14.5. The van der Waals surface area contributed by atoms with Gasteiger partial charge in [0.25, 0.3) is 5.91 Å². The van der Waals surface area contributed by atoms with Crippen LogP contribution in [0.4, 0.5) is 4.79 Å². The zero-order valence-corrected chi connectivity index (χ0v) is 31.7. The molecule has 2 fully saturated rings. The van der Waals surface area contributed by atoms with Crippen molar-refractivity contribution in [1.82, 2.24) is 35.6 Å². The molecule has 15 nitrogen and oxygen atoms in total. The van der Waals surface area contributed by atoms with Crippen LogP contribution in [0.15, 0.2) is 42.7 Å². The Morgan fingerprint density at radius 3 is 2.36 bits per heavy atom. The Kier molecular flexibility index (Phi) is 11.6. The number of nitrogens with zero attached hydrogens (tertiary/aromatic N) is 4. The lowest BCUT2D eigenvalue weighted by Crippen LogP contribution is -2.59. The van der Waals surface area contributed by atoms with E-state index in [2.05, 4.69) is 21.0 Å². The lowest BCUT2D eigenvalue weighted by atomic mass is 9.85. The first-order valence-corrected chi connectivity index (χ1v) is 18.1. The third-order valence-corrected chi connectivity index (χ3v) is 8.97. The van der Waals surface area contributed by atoms with Gasteiger partial charge in [0.15, 0.2) is 5.82 Å². The summed E-state index contributed by atoms with van der Waals surface area (Å²) in [5.41, 5.74) is -1.04. The van der Waals surface area contributed by atoms with Gasteiger partial charge in [0.05, 0.1) is 25.2 Å². The number of rotatable bonds is 13. The lowest BCUT2D eigenvalue weighted by Gasteiger charge is -2.35. The molecule has 5 rings (SSSR count). The predicted octanol–water partition coefficient (Wildman–Crippen LogP) is 3.85. The predicted molar refractivity (Wildman–Crippen MR) is 196 cm³/mol. The topological polar surface area (TPSA) is 183 Å². The van der Waals surface area contributed by atoms with Gasteiger partial charge in [0.1, 0.15) is 35.3 Å². The van der Waals surface area contributed by atoms with Crippen molar-refractivity contribution in [3.63, 3.8) is 0 Å². The van der Waals surface area contributed by atoms with Crippen molar-refractivity contribution in [2.75, 3.05) is 13.7 Å². The van der Waals surface area contributed by atoms with Crippen LogP contribution in [-0.4, -0.2) is 98.8 Å². The number of ketones is 1. The normalized spacial score (nSPS) is 18.5. The molecule has 1 saturated heterocycles. The van der Waals surface area contributed by atoms with Crippen LogP contribution in [0.3, 0.4) is 0 Å². The SMILES string of the molecule is CCC[C@H](NC(=O)[C@@H]1C[C@@H](Oc2cc(-n3cccn3)nc3cc(OC)ccc23)CN1C(=O)[C@@H](NC(=O)OC(C)(C)C)C(C)(C)C)C(=O)C(=O)NC1CC1. The fourth-order valence-electron chi connectivity index (χ4n) is 6.17. The minimum atomic E-state index is -1.10. The summed E-state index contributed by atoms with van der Waals surface area (Å²) < 4.78 is 19.1. The molecule has 1 saturated carbocycles. The molecule has 286 valence electrons. The Morgan fingerprint density at radius 1 is 1.02 bits per heavy atom. The number of Topliss-reactive ketones (excluding diaryl/α,β-unsaturated/α-hetero) is 1. The van der Waals surface area contributed by atoms with Gasteiger partial charge in [-0.15, -0.1) is 0 Å². The van der Waals surface area contributed by atoms with E-state index in [1.165, 1.54) is 4.90 Å². The molecule has 3 N–H and O–H groups in total. The second-order valence-corrected chi connectivity index (χ2v) is 15.7. The number of methoxy groups -OCH3 is 1. The van der Waals surface area contributed by atoms with E-state index in [0.717, 1.165) is 12.8 Å². The van der Waals surface area contributed by atoms with E-state index in [1.807, 2.05) is 13.0 Å². The van der Waals surface area contributed by atoms with E-state index in [1.54, 1.807) is 90.0 Å². The number of pyridine rings is 1. The van der Waals surface area contributed by atoms with Gasteiger partial charge in [0, 0.05) is 42.4 Å². The summed E-state index contributed by atoms with van der Waals surface area (Å²) >= 11 is 0. The maximum Gasteiger partial charge on any atom is 0.408 e. The molecule has 4 amide bonds. The lowest BCUT2D eigenvalue weighted by molar-refractivity contribution is -0.144. The standard InChI is InChI=1S/C38H51N7O8/c1-9-11-26(31(46)34(48)40-22-12-13-22)42-33(47)28-19-24(21-44(28)35(49)32(37(2,3)4)43-36(50)53-38(5,6)7)52-29-20-30(45-17-10-16-39-45)41-27-18-23(51-8)14-15-25(27)29/h10,14-18,20,22,24,26,28,32H,9,11-13,19,21H2,1-8H3,(H,40,48)(H,42,47)(H,43,50)/t24-,26+,28+,32-/m1/s1. The van der Waals surface area contributed by atoms with Crippen LogP contribution in [0.2, 0.25) is 0 Å². The van der Waals surface area contributed by atoms with E-state index < -0.39 is 64.8 Å². The number of ether oxygens (including phenoxy) is 3. The van der Waals surface area contributed by atoms with Crippen LogP contribution in [0.1, 0.15) is 80.6 Å². The summed E-state index contributed by atoms with van der Waals surface area (Å²) in [7, 11) is 1.56. The van der Waals surface area contributed by atoms with E-state index in [4.69, 9.17) is 19.2 Å². The number of carbonyl (C=O) groups is 5. The third-order valence-electron chi connectivity index (χ3n) is 8.97. The second-order valence-electron chi connectivity index (χ2n) is 15.7. The van der Waals surface area contributed by atoms with Crippen LogP contribution in [0.5, 0.6) is 11.5 Å². The summed E-state index contributed by atoms with van der Waals surface area (Å²) in [5.74, 6) is -1.10. The first-order valence-electron chi connectivity index (χ1n) is 18.1. The molecular weight excluding hydrogens is 682 g/mol. The molecule has 3 heterocycles. The molecule has 1 aromatic carbocycles. The summed E-state index contributed by atoms with van der Waals surface area (Å²) in [5, 5.41) is 13.2. The number of amides is 4. The number of hydrogen-bond donors (Lipinski definition) is 3. The van der Waals surface area contributed by atoms with Crippen molar-refractivity contribution in [3.05, 3.63) is 42.7 Å². The molecule has 2 aromatic heterocycles. The summed E-state index contributed by atoms with van der Waals surface area (Å²) in [6.45, 7) is 12.4. The van der Waals surface area contributed by atoms with Gasteiger partial charge < -0.3 is 35.1 Å². The molecule has 0 bridgehead atoms. The van der Waals surface area contributed by atoms with Gasteiger partial charge in [0.2, 0.25) is 17.6 Å². The number of likely N-dealkylation sites (tertiary alicyclic amines) is 1. The average Bonchev–Trinajstić information content (AvgIpc) is 3.53. The molecular formula is C38H51N7O8. The van der Waals surface area contributed by atoms with Crippen LogP contribution in [-0.2, 0) is 23.9 Å². The number of aromatic nitrogens is 3. The van der Waals surface area contributed by atoms with Crippen LogP contribution in [0, 0.1) is 5.41 Å². The first kappa shape index (κ1) is 39.0. The highest BCUT2D eigenvalue weighted by atomic mass is 16.6. The number of benzene rings is 1. The van der Waals surface area contributed by atoms with E-state index in [9.17, 15) is 24.0 Å². The van der Waals surface area contributed by atoms with Crippen LogP contribution >= 0.6 is 0 Å². The summed E-state index contributed by atoms with van der Waals surface area (Å²) in [4.78, 5) is 73.8. The van der Waals surface area contributed by atoms with Gasteiger partial charge in [-0.05, 0) is 63.6 Å². The van der Waals surface area contributed by atoms with E-state index >= 15 is 0 Å². The fourth-order valence-corrected chi connectivity index (χ4v) is 6.17. The second kappa shape index (κ2) is 15.8. The van der Waals surface area contributed by atoms with Gasteiger partial charge in [-0.3, -0.25) is 19.2 Å². The Balaban J connectivity index is 1.48. The number of nitrogens with one attached hydrogen (secondary N) is 3. The van der Waals surface area contributed by atoms with Gasteiger partial charge in [-0.2, -0.15) is 5.10 Å². The average molecular weight is 734 g/mol. The molecule has 4 atom stereocenters. The van der Waals surface area contributed by atoms with Gasteiger partial charge in [-0.25, -0.2) is 14.5 Å². The minimum Gasteiger partial charge on any atom is -0.497 e. The van der Waals surface area contributed by atoms with Gasteiger partial charge >= 0.3 is 6.09 Å². The van der Waals surface area contributed by atoms with E-state index in [-0.39, 0.29) is 25.4 Å². The van der Waals surface area contributed by atoms with Crippen molar-refractivity contribution >= 4 is 40.5 Å². The van der Waals surface area contributed by atoms with Crippen molar-refractivity contribution in [2.24, 2.45) is 5.41 Å². The largest absolute Gasteiger partial charge is 0.497 e. The van der Waals surface area contributed by atoms with Crippen molar-refractivity contribution in [2.45, 2.75) is 116 Å². The first-order chi connectivity index (χ1) is 25.0. The maximum absolute atomic E-state index is 14.5. The summed E-state index contributed by atoms with van der Waals surface area (Å²) in [6.07, 6.45) is 4.32. The monoisotopic (exact) mass is 733 g/mol. The Bertz CT molecular complexity index is 1830. The molecule has 0 unspecified atom stereocenters. The van der Waals surface area contributed by atoms with Crippen molar-refractivity contribution < 1.29 is 38.2 Å². The van der Waals surface area contributed by atoms with Crippen molar-refractivity contribution in [1.29, 1.82) is 0 Å². The highest BCUT2D eigenvalue weighted by molar-refractivity contribution is 6.38. The molecule has 0 radical (unpaired) electrons. The minimum absolute atomic E-state index is 0.0227. The molecule has 2 aliphatic rings. The number of fused-ring (bicyclic) bond motifs is 1. The Labute approximate surface area is 309 Å². The zero-order chi connectivity index (χ0) is 38.7. The highest BCUT2D eigenvalue weighted by Crippen LogP contribution is 2.34. The molecule has 15 heteroatoms. The Hall–Kier alpha value is -5.21. The molecule has 0 spiro atoms. The number of carbonyl (C=O) groups excluding carboxylic acids is 5. The van der Waals surface area contributed by atoms with Crippen LogP contribution < -0.4 is 25.4 Å². The zero-order valence-electron chi connectivity index (χ0n) is 31.7. The van der Waals surface area contributed by atoms with E-state index in [0.29, 0.717) is 34.6 Å². The van der Waals surface area contributed by atoms with Gasteiger partial charge in [-0.1, -0.05) is 34.1 Å². The van der Waals surface area contributed by atoms with Crippen LogP contribution in [0.25, 0.3) is 16.7 Å². The smallest absolute Gasteiger partial charge is 0.408 e. The molecule has 53 heavy (non-hydrogen) atoms. The summed E-state index contributed by atoms with van der Waals surface area (Å²) in [6, 6.07) is 5.57.